The first-order valence-corrected chi connectivity index (χ1v) is 7.88. The Labute approximate surface area is 121 Å². The second kappa shape index (κ2) is 7.07. The fourth-order valence-electron chi connectivity index (χ4n) is 3.00. The molecule has 2 N–H and O–H groups in total. The molecule has 5 nitrogen and oxygen atoms in total. The average Bonchev–Trinajstić information content (AvgIpc) is 2.98. The predicted molar refractivity (Wildman–Crippen MR) is 78.2 cm³/mol. The van der Waals surface area contributed by atoms with Crippen molar-refractivity contribution in [2.75, 3.05) is 26.2 Å². The van der Waals surface area contributed by atoms with Crippen LogP contribution < -0.4 is 10.6 Å². The van der Waals surface area contributed by atoms with Gasteiger partial charge >= 0.3 is 0 Å². The molecule has 2 rings (SSSR count). The van der Waals surface area contributed by atoms with Crippen LogP contribution in [0, 0.1) is 11.8 Å². The Morgan fingerprint density at radius 2 is 2.10 bits per heavy atom. The van der Waals surface area contributed by atoms with Crippen molar-refractivity contribution in [2.45, 2.75) is 45.6 Å². The van der Waals surface area contributed by atoms with Crippen LogP contribution in [0.25, 0.3) is 0 Å². The molecule has 20 heavy (non-hydrogen) atoms. The Kier molecular flexibility index (Phi) is 5.40. The van der Waals surface area contributed by atoms with E-state index >= 15 is 0 Å². The quantitative estimate of drug-likeness (QED) is 0.799. The lowest BCUT2D eigenvalue weighted by atomic mass is 9.97. The topological polar surface area (TPSA) is 61.4 Å². The van der Waals surface area contributed by atoms with E-state index in [1.165, 1.54) is 0 Å². The molecule has 0 aliphatic carbocycles. The Balaban J connectivity index is 1.79. The number of likely N-dealkylation sites (tertiary alicyclic amines) is 1. The van der Waals surface area contributed by atoms with Gasteiger partial charge in [-0.05, 0) is 38.1 Å². The minimum atomic E-state index is 0.0269. The zero-order valence-electron chi connectivity index (χ0n) is 12.7. The van der Waals surface area contributed by atoms with Gasteiger partial charge in [-0.3, -0.25) is 9.59 Å². The summed E-state index contributed by atoms with van der Waals surface area (Å²) < 4.78 is 0. The fourth-order valence-corrected chi connectivity index (χ4v) is 3.00. The molecular weight excluding hydrogens is 254 g/mol. The van der Waals surface area contributed by atoms with Gasteiger partial charge in [-0.25, -0.2) is 0 Å². The summed E-state index contributed by atoms with van der Waals surface area (Å²) >= 11 is 0. The van der Waals surface area contributed by atoms with E-state index in [1.807, 2.05) is 18.7 Å². The third-order valence-corrected chi connectivity index (χ3v) is 4.28. The van der Waals surface area contributed by atoms with Gasteiger partial charge in [-0.2, -0.15) is 0 Å². The van der Waals surface area contributed by atoms with Gasteiger partial charge in [-0.15, -0.1) is 0 Å². The number of piperidine rings is 1. The molecule has 0 aromatic heterocycles. The Bertz CT molecular complexity index is 351. The van der Waals surface area contributed by atoms with Crippen LogP contribution in [-0.2, 0) is 9.59 Å². The minimum Gasteiger partial charge on any atom is -0.356 e. The first-order valence-electron chi connectivity index (χ1n) is 7.88. The molecule has 2 atom stereocenters. The van der Waals surface area contributed by atoms with Crippen LogP contribution >= 0.6 is 0 Å². The standard InChI is InChI=1S/C15H27N3O2/c1-11(2)14(19)17-9-12-5-4-8-18(10-12)15(20)13-6-3-7-16-13/h11-13,16H,3-10H2,1-2H3,(H,17,19). The molecule has 2 heterocycles. The Morgan fingerprint density at radius 3 is 2.75 bits per heavy atom. The molecule has 0 bridgehead atoms. The monoisotopic (exact) mass is 281 g/mol. The molecule has 5 heteroatoms. The molecule has 0 aromatic rings. The first kappa shape index (κ1) is 15.3. The summed E-state index contributed by atoms with van der Waals surface area (Å²) in [7, 11) is 0. The molecule has 2 saturated heterocycles. The molecule has 2 amide bonds. The van der Waals surface area contributed by atoms with Crippen LogP contribution in [0.5, 0.6) is 0 Å². The highest BCUT2D eigenvalue weighted by atomic mass is 16.2. The summed E-state index contributed by atoms with van der Waals surface area (Å²) in [6.45, 7) is 7.10. The van der Waals surface area contributed by atoms with Crippen LogP contribution in [0.3, 0.4) is 0 Å². The average molecular weight is 281 g/mol. The molecule has 0 aromatic carbocycles. The Hall–Kier alpha value is -1.10. The number of nitrogens with one attached hydrogen (secondary N) is 2. The normalized spacial score (nSPS) is 26.9. The number of nitrogens with zero attached hydrogens (tertiary/aromatic N) is 1. The van der Waals surface area contributed by atoms with Gasteiger partial charge in [0.15, 0.2) is 0 Å². The van der Waals surface area contributed by atoms with Crippen LogP contribution in [-0.4, -0.2) is 48.9 Å². The lowest BCUT2D eigenvalue weighted by Gasteiger charge is -2.34. The summed E-state index contributed by atoms with van der Waals surface area (Å²) in [5.41, 5.74) is 0. The van der Waals surface area contributed by atoms with Crippen molar-refractivity contribution >= 4 is 11.8 Å². The number of hydrogen-bond acceptors (Lipinski definition) is 3. The van der Waals surface area contributed by atoms with Crippen molar-refractivity contribution in [3.05, 3.63) is 0 Å². The van der Waals surface area contributed by atoms with Gasteiger partial charge in [0.1, 0.15) is 0 Å². The lowest BCUT2D eigenvalue weighted by Crippen LogP contribution is -2.49. The zero-order valence-corrected chi connectivity index (χ0v) is 12.7. The highest BCUT2D eigenvalue weighted by Crippen LogP contribution is 2.18. The number of rotatable bonds is 4. The molecule has 2 aliphatic rings. The molecule has 2 aliphatic heterocycles. The molecule has 0 spiro atoms. The largest absolute Gasteiger partial charge is 0.356 e. The molecule has 2 fully saturated rings. The second-order valence-corrected chi connectivity index (χ2v) is 6.34. The summed E-state index contributed by atoms with van der Waals surface area (Å²) in [6.07, 6.45) is 4.20. The van der Waals surface area contributed by atoms with E-state index in [4.69, 9.17) is 0 Å². The van der Waals surface area contributed by atoms with Crippen molar-refractivity contribution in [1.29, 1.82) is 0 Å². The van der Waals surface area contributed by atoms with Crippen molar-refractivity contribution in [1.82, 2.24) is 15.5 Å². The summed E-state index contributed by atoms with van der Waals surface area (Å²) in [5, 5.41) is 6.26. The van der Waals surface area contributed by atoms with E-state index in [0.717, 1.165) is 45.3 Å². The van der Waals surface area contributed by atoms with Gasteiger partial charge < -0.3 is 15.5 Å². The molecular formula is C15H27N3O2. The van der Waals surface area contributed by atoms with E-state index in [2.05, 4.69) is 10.6 Å². The number of carbonyl (C=O) groups is 2. The number of carbonyl (C=O) groups excluding carboxylic acids is 2. The van der Waals surface area contributed by atoms with Gasteiger partial charge in [0.05, 0.1) is 6.04 Å². The third kappa shape index (κ3) is 3.95. The molecule has 114 valence electrons. The van der Waals surface area contributed by atoms with Crippen molar-refractivity contribution in [2.24, 2.45) is 11.8 Å². The molecule has 2 unspecified atom stereocenters. The summed E-state index contributed by atoms with van der Waals surface area (Å²) in [6, 6.07) is 0.0269. The van der Waals surface area contributed by atoms with E-state index < -0.39 is 0 Å². The maximum atomic E-state index is 12.4. The lowest BCUT2D eigenvalue weighted by molar-refractivity contribution is -0.134. The SMILES string of the molecule is CC(C)C(=O)NCC1CCCN(C(=O)C2CCCN2)C1. The second-order valence-electron chi connectivity index (χ2n) is 6.34. The van der Waals surface area contributed by atoms with Crippen molar-refractivity contribution in [3.63, 3.8) is 0 Å². The van der Waals surface area contributed by atoms with Gasteiger partial charge in [0.2, 0.25) is 11.8 Å². The highest BCUT2D eigenvalue weighted by Gasteiger charge is 2.30. The highest BCUT2D eigenvalue weighted by molar-refractivity contribution is 5.82. The van der Waals surface area contributed by atoms with E-state index in [9.17, 15) is 9.59 Å². The third-order valence-electron chi connectivity index (χ3n) is 4.28. The van der Waals surface area contributed by atoms with E-state index in [1.54, 1.807) is 0 Å². The first-order chi connectivity index (χ1) is 9.58. The van der Waals surface area contributed by atoms with Crippen LogP contribution in [0.4, 0.5) is 0 Å². The van der Waals surface area contributed by atoms with Crippen LogP contribution in [0.1, 0.15) is 39.5 Å². The molecule has 0 radical (unpaired) electrons. The van der Waals surface area contributed by atoms with Crippen LogP contribution in [0.15, 0.2) is 0 Å². The molecule has 0 saturated carbocycles. The van der Waals surface area contributed by atoms with E-state index in [-0.39, 0.29) is 23.8 Å². The van der Waals surface area contributed by atoms with Gasteiger partial charge in [0.25, 0.3) is 0 Å². The number of hydrogen-bond donors (Lipinski definition) is 2. The minimum absolute atomic E-state index is 0.0269. The van der Waals surface area contributed by atoms with Gasteiger partial charge in [-0.1, -0.05) is 13.8 Å². The predicted octanol–water partition coefficient (Wildman–Crippen LogP) is 0.749. The summed E-state index contributed by atoms with van der Waals surface area (Å²) in [4.78, 5) is 26.0. The van der Waals surface area contributed by atoms with Gasteiger partial charge in [0, 0.05) is 25.6 Å². The smallest absolute Gasteiger partial charge is 0.239 e. The zero-order chi connectivity index (χ0) is 14.5. The summed E-state index contributed by atoms with van der Waals surface area (Å²) in [5.74, 6) is 0.782. The Morgan fingerprint density at radius 1 is 1.30 bits per heavy atom. The van der Waals surface area contributed by atoms with Crippen LogP contribution in [0.2, 0.25) is 0 Å². The fraction of sp³-hybridized carbons (Fsp3) is 0.867. The van der Waals surface area contributed by atoms with Crippen molar-refractivity contribution in [3.8, 4) is 0 Å². The van der Waals surface area contributed by atoms with E-state index in [0.29, 0.717) is 12.5 Å². The maximum Gasteiger partial charge on any atom is 0.239 e. The number of amides is 2. The maximum absolute atomic E-state index is 12.4. The van der Waals surface area contributed by atoms with Crippen molar-refractivity contribution < 1.29 is 9.59 Å².